The minimum Gasteiger partial charge on any atom is -0.382 e. The van der Waals surface area contributed by atoms with E-state index in [1.165, 1.54) is 53.0 Å². The smallest absolute Gasteiger partial charge is 0.264 e. The van der Waals surface area contributed by atoms with Crippen molar-refractivity contribution >= 4 is 61.8 Å². The van der Waals surface area contributed by atoms with Gasteiger partial charge in [-0.1, -0.05) is 0 Å². The number of aryl methyl sites for hydroxylation is 2. The summed E-state index contributed by atoms with van der Waals surface area (Å²) < 4.78 is 42.2. The maximum atomic E-state index is 13.1. The minimum absolute atomic E-state index is 0.00681. The zero-order valence-corrected chi connectivity index (χ0v) is 22.4. The van der Waals surface area contributed by atoms with Crippen LogP contribution in [0.1, 0.15) is 11.4 Å². The normalized spacial score (nSPS) is 12.1. The maximum absolute atomic E-state index is 13.1. The largest absolute Gasteiger partial charge is 0.382 e. The lowest BCUT2D eigenvalue weighted by Gasteiger charge is -2.08. The molecule has 208 valence electrons. The van der Waals surface area contributed by atoms with E-state index in [1.807, 2.05) is 0 Å². The summed E-state index contributed by atoms with van der Waals surface area (Å²) >= 11 is 0. The van der Waals surface area contributed by atoms with Crippen LogP contribution in [0.3, 0.4) is 0 Å². The Labute approximate surface area is 232 Å². The van der Waals surface area contributed by atoms with Gasteiger partial charge in [-0.25, -0.2) is 32.5 Å². The Balaban J connectivity index is 1.38. The Morgan fingerprint density at radius 3 is 1.95 bits per heavy atom. The summed E-state index contributed by atoms with van der Waals surface area (Å²) in [5.41, 5.74) is 20.5. The van der Waals surface area contributed by atoms with Crippen LogP contribution in [0.4, 0.5) is 50.5 Å². The van der Waals surface area contributed by atoms with E-state index in [0.29, 0.717) is 22.8 Å². The number of hydrogen-bond acceptors (Lipinski definition) is 13. The molecule has 3 heterocycles. The van der Waals surface area contributed by atoms with Gasteiger partial charge in [0.25, 0.3) is 10.0 Å². The van der Waals surface area contributed by atoms with Crippen LogP contribution < -0.4 is 21.9 Å². The number of benzene rings is 2. The van der Waals surface area contributed by atoms with Gasteiger partial charge in [0, 0.05) is 11.4 Å². The first kappa shape index (κ1) is 27.0. The van der Waals surface area contributed by atoms with Crippen LogP contribution in [0.25, 0.3) is 5.65 Å². The standard InChI is InChI=1S/C24H22FN13O2S/c1-12-11-13(2)30-24(29-12)37-41(39,40)17-9-7-16(8-10-17)32-34-18-20(26)31-23-19(21(27)36-38(23)22(18)28)35-33-15-5-3-14(25)4-6-15/h3-11H,28H2,1-2H3,(H2,26,31)(H2,27,36)(H,29,30,37). The second-order valence-corrected chi connectivity index (χ2v) is 10.3. The number of sulfonamides is 1. The molecule has 0 bridgehead atoms. The van der Waals surface area contributed by atoms with Crippen LogP contribution in [0.2, 0.25) is 0 Å². The average molecular weight is 576 g/mol. The van der Waals surface area contributed by atoms with Crippen molar-refractivity contribution in [3.63, 3.8) is 0 Å². The molecule has 2 aromatic carbocycles. The number of fused-ring (bicyclic) bond motifs is 1. The second kappa shape index (κ2) is 10.5. The molecular formula is C24H22FN13O2S. The number of rotatable bonds is 7. The van der Waals surface area contributed by atoms with Gasteiger partial charge >= 0.3 is 0 Å². The van der Waals surface area contributed by atoms with Crippen molar-refractivity contribution < 1.29 is 12.8 Å². The molecule has 7 N–H and O–H groups in total. The molecule has 0 aliphatic carbocycles. The molecule has 15 nitrogen and oxygen atoms in total. The lowest BCUT2D eigenvalue weighted by atomic mass is 10.3. The number of hydrogen-bond donors (Lipinski definition) is 4. The van der Waals surface area contributed by atoms with Crippen LogP contribution in [0.15, 0.2) is 79.9 Å². The predicted molar refractivity (Wildman–Crippen MR) is 150 cm³/mol. The van der Waals surface area contributed by atoms with Crippen LogP contribution in [-0.2, 0) is 10.0 Å². The van der Waals surface area contributed by atoms with E-state index in [9.17, 15) is 12.8 Å². The fourth-order valence-corrected chi connectivity index (χ4v) is 4.59. The Morgan fingerprint density at radius 1 is 0.780 bits per heavy atom. The SMILES string of the molecule is Cc1cc(C)nc(NS(=O)(=O)c2ccc(N=Nc3c(N)nc4c(N=Nc5ccc(F)cc5)c(N)nn4c3N)cc2)n1. The highest BCUT2D eigenvalue weighted by Crippen LogP contribution is 2.36. The fraction of sp³-hybridized carbons (Fsp3) is 0.0833. The third kappa shape index (κ3) is 5.74. The van der Waals surface area contributed by atoms with E-state index in [1.54, 1.807) is 19.9 Å². The van der Waals surface area contributed by atoms with Gasteiger partial charge < -0.3 is 17.2 Å². The lowest BCUT2D eigenvalue weighted by Crippen LogP contribution is -2.15. The van der Waals surface area contributed by atoms with Crippen molar-refractivity contribution in [2.75, 3.05) is 21.9 Å². The number of nitrogens with two attached hydrogens (primary N) is 3. The van der Waals surface area contributed by atoms with Gasteiger partial charge in [0.15, 0.2) is 34.5 Å². The van der Waals surface area contributed by atoms with E-state index >= 15 is 0 Å². The van der Waals surface area contributed by atoms with Crippen molar-refractivity contribution in [1.82, 2.24) is 24.6 Å². The topological polar surface area (TPSA) is 230 Å². The van der Waals surface area contributed by atoms with E-state index in [2.05, 4.69) is 45.2 Å². The summed E-state index contributed by atoms with van der Waals surface area (Å²) in [6.45, 7) is 3.47. The highest BCUT2D eigenvalue weighted by atomic mass is 32.2. The van der Waals surface area contributed by atoms with Gasteiger partial charge in [-0.3, -0.25) is 0 Å². The van der Waals surface area contributed by atoms with Crippen molar-refractivity contribution in [2.24, 2.45) is 20.5 Å². The maximum Gasteiger partial charge on any atom is 0.264 e. The van der Waals surface area contributed by atoms with Crippen LogP contribution in [0.5, 0.6) is 0 Å². The number of nitrogens with one attached hydrogen (secondary N) is 1. The lowest BCUT2D eigenvalue weighted by molar-refractivity contribution is 0.600. The molecule has 0 spiro atoms. The molecule has 0 aliphatic rings. The molecule has 17 heteroatoms. The highest BCUT2D eigenvalue weighted by molar-refractivity contribution is 7.92. The van der Waals surface area contributed by atoms with Crippen molar-refractivity contribution in [3.05, 3.63) is 71.8 Å². The quantitative estimate of drug-likeness (QED) is 0.197. The molecule has 41 heavy (non-hydrogen) atoms. The Kier molecular flexibility index (Phi) is 6.94. The first-order chi connectivity index (χ1) is 19.5. The number of azo groups is 2. The van der Waals surface area contributed by atoms with Gasteiger partial charge in [-0.2, -0.15) is 14.7 Å². The molecule has 0 radical (unpaired) electrons. The summed E-state index contributed by atoms with van der Waals surface area (Å²) in [4.78, 5) is 12.4. The summed E-state index contributed by atoms with van der Waals surface area (Å²) in [6, 6.07) is 12.7. The van der Waals surface area contributed by atoms with Gasteiger partial charge in [0.2, 0.25) is 5.95 Å². The molecule has 0 unspecified atom stereocenters. The third-order valence-corrected chi connectivity index (χ3v) is 6.86. The monoisotopic (exact) mass is 575 g/mol. The third-order valence-electron chi connectivity index (χ3n) is 5.52. The summed E-state index contributed by atoms with van der Waals surface area (Å²) in [7, 11) is -3.95. The first-order valence-corrected chi connectivity index (χ1v) is 13.3. The number of halogens is 1. The highest BCUT2D eigenvalue weighted by Gasteiger charge is 2.19. The molecule has 0 amide bonds. The van der Waals surface area contributed by atoms with Gasteiger partial charge in [-0.15, -0.1) is 15.3 Å². The van der Waals surface area contributed by atoms with E-state index in [0.717, 1.165) is 0 Å². The molecule has 0 fully saturated rings. The van der Waals surface area contributed by atoms with Gasteiger partial charge in [0.05, 0.1) is 16.3 Å². The second-order valence-electron chi connectivity index (χ2n) is 8.65. The predicted octanol–water partition coefficient (Wildman–Crippen LogP) is 4.65. The van der Waals surface area contributed by atoms with E-state index in [4.69, 9.17) is 17.2 Å². The first-order valence-electron chi connectivity index (χ1n) is 11.8. The zero-order chi connectivity index (χ0) is 29.3. The summed E-state index contributed by atoms with van der Waals surface area (Å²) in [6.07, 6.45) is 0. The Morgan fingerprint density at radius 2 is 1.34 bits per heavy atom. The number of nitrogens with zero attached hydrogens (tertiary/aromatic N) is 9. The van der Waals surface area contributed by atoms with E-state index in [-0.39, 0.29) is 45.3 Å². The molecule has 3 aromatic heterocycles. The summed E-state index contributed by atoms with van der Waals surface area (Å²) in [5.74, 6) is -0.582. The van der Waals surface area contributed by atoms with Crippen molar-refractivity contribution in [3.8, 4) is 0 Å². The van der Waals surface area contributed by atoms with Crippen LogP contribution >= 0.6 is 0 Å². The number of anilines is 4. The molecule has 5 aromatic rings. The fourth-order valence-electron chi connectivity index (χ4n) is 3.65. The van der Waals surface area contributed by atoms with Crippen molar-refractivity contribution in [1.29, 1.82) is 0 Å². The molecule has 0 aliphatic heterocycles. The van der Waals surface area contributed by atoms with Crippen molar-refractivity contribution in [2.45, 2.75) is 18.7 Å². The van der Waals surface area contributed by atoms with Gasteiger partial charge in [-0.05, 0) is 68.4 Å². The molecule has 0 atom stereocenters. The average Bonchev–Trinajstić information content (AvgIpc) is 3.22. The molecular weight excluding hydrogens is 553 g/mol. The van der Waals surface area contributed by atoms with Gasteiger partial charge in [0.1, 0.15) is 5.82 Å². The molecule has 5 rings (SSSR count). The number of nitrogen functional groups attached to an aromatic ring is 3. The zero-order valence-electron chi connectivity index (χ0n) is 21.6. The van der Waals surface area contributed by atoms with Crippen LogP contribution in [0, 0.1) is 19.7 Å². The van der Waals surface area contributed by atoms with E-state index < -0.39 is 15.8 Å². The van der Waals surface area contributed by atoms with Crippen LogP contribution in [-0.4, -0.2) is 33.0 Å². The molecule has 0 saturated heterocycles. The Hall–Kier alpha value is -5.58. The number of aromatic nitrogens is 5. The minimum atomic E-state index is -3.95. The molecule has 0 saturated carbocycles. The Bertz CT molecular complexity index is 1920. The summed E-state index contributed by atoms with van der Waals surface area (Å²) in [5, 5.41) is 20.4.